The van der Waals surface area contributed by atoms with E-state index >= 15 is 0 Å². The topological polar surface area (TPSA) is 211 Å². The van der Waals surface area contributed by atoms with Crippen molar-refractivity contribution in [3.05, 3.63) is 11.1 Å². The zero-order valence-corrected chi connectivity index (χ0v) is 18.3. The molecule has 2 amide bonds. The van der Waals surface area contributed by atoms with Crippen molar-refractivity contribution in [1.82, 2.24) is 15.2 Å². The number of ether oxygens (including phenoxy) is 1. The lowest BCUT2D eigenvalue weighted by Gasteiger charge is -2.52. The minimum atomic E-state index is -2.46. The number of thiazole rings is 1. The Bertz CT molecular complexity index is 1030. The quantitative estimate of drug-likeness (QED) is 0.107. The van der Waals surface area contributed by atoms with Gasteiger partial charge in [-0.15, -0.1) is 11.3 Å². The first-order valence-corrected chi connectivity index (χ1v) is 11.2. The summed E-state index contributed by atoms with van der Waals surface area (Å²) in [4.78, 5) is 58.9. The molecule has 2 aliphatic heterocycles. The van der Waals surface area contributed by atoms with E-state index in [-0.39, 0.29) is 16.5 Å². The number of likely N-dealkylation sites (tertiary alicyclic amines) is 1. The number of carbonyl (C=O) groups is 4. The third-order valence-electron chi connectivity index (χ3n) is 5.09. The summed E-state index contributed by atoms with van der Waals surface area (Å²) in [6.07, 6.45) is -0.456. The van der Waals surface area contributed by atoms with Crippen LogP contribution < -0.4 is 11.1 Å². The number of aromatic nitrogens is 1. The lowest BCUT2D eigenvalue weighted by Crippen LogP contribution is -2.79. The highest BCUT2D eigenvalue weighted by Crippen LogP contribution is 2.42. The number of carboxylic acids is 1. The van der Waals surface area contributed by atoms with Crippen LogP contribution in [0.3, 0.4) is 0 Å². The molecule has 174 valence electrons. The molecule has 0 saturated carbocycles. The predicted molar refractivity (Wildman–Crippen MR) is 109 cm³/mol. The summed E-state index contributed by atoms with van der Waals surface area (Å²) < 4.78 is 25.5. The van der Waals surface area contributed by atoms with Crippen LogP contribution >= 0.6 is 11.3 Å². The van der Waals surface area contributed by atoms with Gasteiger partial charge in [-0.3, -0.25) is 19.3 Å². The highest BCUT2D eigenvalue weighted by molar-refractivity contribution is 7.79. The second-order valence-electron chi connectivity index (χ2n) is 6.96. The van der Waals surface area contributed by atoms with E-state index in [0.717, 1.165) is 16.2 Å². The molecule has 5 atom stereocenters. The number of anilines is 1. The number of aliphatic carboxylic acids is 1. The minimum Gasteiger partial charge on any atom is -0.477 e. The molecule has 32 heavy (non-hydrogen) atoms. The number of nitrogens with zero attached hydrogens (tertiary/aromatic N) is 3. The van der Waals surface area contributed by atoms with Crippen molar-refractivity contribution < 1.29 is 42.6 Å². The van der Waals surface area contributed by atoms with Gasteiger partial charge >= 0.3 is 11.9 Å². The molecule has 16 heteroatoms. The van der Waals surface area contributed by atoms with Gasteiger partial charge in [-0.1, -0.05) is 5.16 Å². The summed E-state index contributed by atoms with van der Waals surface area (Å²) in [7, 11) is 1.21. The summed E-state index contributed by atoms with van der Waals surface area (Å²) in [6.45, 7) is 1.43. The molecule has 1 aromatic heterocycles. The third-order valence-corrected chi connectivity index (χ3v) is 6.45. The first-order chi connectivity index (χ1) is 15.0. The Morgan fingerprint density at radius 3 is 2.72 bits per heavy atom. The standard InChI is InChI=1S/C16H19N5O9S2/c1-6-10(19-12(23)11(20-29-2)8-4-31-15(17)18-8)13(24)21(6)16(14(25)26)7(5-32(27)28)3-9(22)30-16/h4,6-7,10H,3,5H2,1-2H3,(H2,17,18)(H,19,23)(H,25,26)(H,27,28)/b20-11-/t6-,7+,10+,16-/m1/s1. The molecular weight excluding hydrogens is 470 g/mol. The van der Waals surface area contributed by atoms with E-state index in [4.69, 9.17) is 10.5 Å². The summed E-state index contributed by atoms with van der Waals surface area (Å²) >= 11 is -1.39. The fraction of sp³-hybridized carbons (Fsp3) is 0.500. The third kappa shape index (κ3) is 3.91. The number of rotatable bonds is 8. The van der Waals surface area contributed by atoms with Gasteiger partial charge in [-0.05, 0) is 6.92 Å². The second kappa shape index (κ2) is 8.79. The van der Waals surface area contributed by atoms with Crippen molar-refractivity contribution in [2.45, 2.75) is 31.2 Å². The van der Waals surface area contributed by atoms with Gasteiger partial charge in [0.1, 0.15) is 18.8 Å². The first-order valence-electron chi connectivity index (χ1n) is 9.02. The van der Waals surface area contributed by atoms with Gasteiger partial charge < -0.3 is 30.3 Å². The second-order valence-corrected chi connectivity index (χ2v) is 8.82. The smallest absolute Gasteiger partial charge is 0.370 e. The van der Waals surface area contributed by atoms with Crippen LogP contribution in [0.4, 0.5) is 5.13 Å². The number of nitrogens with one attached hydrogen (secondary N) is 1. The van der Waals surface area contributed by atoms with E-state index in [9.17, 15) is 33.0 Å². The summed E-state index contributed by atoms with van der Waals surface area (Å²) in [5.74, 6) is -6.13. The van der Waals surface area contributed by atoms with E-state index in [1.54, 1.807) is 0 Å². The number of carboxylic acid groups (broad SMARTS) is 1. The molecule has 1 unspecified atom stereocenters. The monoisotopic (exact) mass is 489 g/mol. The first kappa shape index (κ1) is 23.6. The number of oxime groups is 1. The summed E-state index contributed by atoms with van der Waals surface area (Å²) in [6, 6.07) is -2.12. The van der Waals surface area contributed by atoms with Crippen LogP contribution in [0.1, 0.15) is 19.0 Å². The average molecular weight is 489 g/mol. The number of β-lactam (4-membered cyclic amide) rings is 1. The Hall–Kier alpha value is -3.11. The van der Waals surface area contributed by atoms with E-state index in [1.165, 1.54) is 19.4 Å². The maximum absolute atomic E-state index is 12.9. The highest BCUT2D eigenvalue weighted by atomic mass is 32.2. The van der Waals surface area contributed by atoms with Crippen LogP contribution in [-0.4, -0.2) is 83.9 Å². The molecule has 0 spiro atoms. The fourth-order valence-electron chi connectivity index (χ4n) is 3.72. The van der Waals surface area contributed by atoms with Crippen molar-refractivity contribution in [3.8, 4) is 0 Å². The summed E-state index contributed by atoms with van der Waals surface area (Å²) in [5, 5.41) is 17.5. The Morgan fingerprint density at radius 1 is 1.53 bits per heavy atom. The number of hydrogen-bond acceptors (Lipinski definition) is 11. The van der Waals surface area contributed by atoms with Gasteiger partial charge in [-0.25, -0.2) is 14.0 Å². The molecule has 2 aliphatic rings. The molecule has 3 rings (SSSR count). The zero-order valence-electron chi connectivity index (χ0n) is 16.7. The maximum atomic E-state index is 12.9. The number of amides is 2. The minimum absolute atomic E-state index is 0.111. The van der Waals surface area contributed by atoms with Crippen molar-refractivity contribution in [3.63, 3.8) is 0 Å². The van der Waals surface area contributed by atoms with Crippen molar-refractivity contribution in [2.24, 2.45) is 11.1 Å². The van der Waals surface area contributed by atoms with Crippen LogP contribution in [-0.2, 0) is 39.8 Å². The maximum Gasteiger partial charge on any atom is 0.370 e. The molecule has 2 fully saturated rings. The predicted octanol–water partition coefficient (Wildman–Crippen LogP) is -1.64. The Kier molecular flexibility index (Phi) is 6.47. The molecule has 2 saturated heterocycles. The molecule has 3 heterocycles. The molecular formula is C16H19N5O9S2. The Morgan fingerprint density at radius 2 is 2.22 bits per heavy atom. The van der Waals surface area contributed by atoms with E-state index < -0.39 is 70.7 Å². The molecule has 0 aliphatic carbocycles. The number of cyclic esters (lactones) is 1. The van der Waals surface area contributed by atoms with Gasteiger partial charge in [0.25, 0.3) is 17.5 Å². The largest absolute Gasteiger partial charge is 0.477 e. The number of carbonyl (C=O) groups excluding carboxylic acids is 3. The lowest BCUT2D eigenvalue weighted by molar-refractivity contribution is -0.219. The normalized spacial score (nSPS) is 28.7. The van der Waals surface area contributed by atoms with E-state index in [0.29, 0.717) is 0 Å². The average Bonchev–Trinajstić information content (AvgIpc) is 3.27. The van der Waals surface area contributed by atoms with Crippen LogP contribution in [0.2, 0.25) is 0 Å². The molecule has 0 aromatic carbocycles. The number of nitrogen functional groups attached to an aromatic ring is 1. The fourth-order valence-corrected chi connectivity index (χ4v) is 4.96. The van der Waals surface area contributed by atoms with Gasteiger partial charge in [0.15, 0.2) is 21.9 Å². The molecule has 1 aromatic rings. The molecule has 0 bridgehead atoms. The van der Waals surface area contributed by atoms with E-state index in [2.05, 4.69) is 20.3 Å². The van der Waals surface area contributed by atoms with E-state index in [1.807, 2.05) is 0 Å². The number of nitrogens with two attached hydrogens (primary N) is 1. The lowest BCUT2D eigenvalue weighted by atomic mass is 9.86. The SMILES string of the molecule is CO/N=C(\C(=O)N[C@@H]1C(=O)N([C@@]2(C(=O)O)OC(=O)C[C@H]2CS(=O)O)[C@@H]1C)c1csc(N)n1. The van der Waals surface area contributed by atoms with Crippen LogP contribution in [0.15, 0.2) is 10.5 Å². The molecule has 14 nitrogen and oxygen atoms in total. The van der Waals surface area contributed by atoms with Crippen molar-refractivity contribution in [1.29, 1.82) is 0 Å². The number of hydrogen-bond donors (Lipinski definition) is 4. The van der Waals surface area contributed by atoms with Gasteiger partial charge in [-0.2, -0.15) is 0 Å². The van der Waals surface area contributed by atoms with Gasteiger partial charge in [0.05, 0.1) is 24.1 Å². The summed E-state index contributed by atoms with van der Waals surface area (Å²) in [5.41, 5.74) is 2.96. The highest BCUT2D eigenvalue weighted by Gasteiger charge is 2.68. The zero-order chi connectivity index (χ0) is 23.8. The Balaban J connectivity index is 1.83. The van der Waals surface area contributed by atoms with Crippen LogP contribution in [0.25, 0.3) is 0 Å². The van der Waals surface area contributed by atoms with Crippen molar-refractivity contribution >= 4 is 57.0 Å². The van der Waals surface area contributed by atoms with Gasteiger partial charge in [0, 0.05) is 5.38 Å². The van der Waals surface area contributed by atoms with Crippen LogP contribution in [0.5, 0.6) is 0 Å². The van der Waals surface area contributed by atoms with Crippen molar-refractivity contribution in [2.75, 3.05) is 18.6 Å². The van der Waals surface area contributed by atoms with Gasteiger partial charge in [0.2, 0.25) is 0 Å². The van der Waals surface area contributed by atoms with Crippen LogP contribution in [0, 0.1) is 5.92 Å². The molecule has 5 N–H and O–H groups in total. The number of esters is 1. The Labute approximate surface area is 187 Å². The molecule has 0 radical (unpaired) electrons.